The van der Waals surface area contributed by atoms with Gasteiger partial charge in [-0.15, -0.1) is 0 Å². The summed E-state index contributed by atoms with van der Waals surface area (Å²) in [7, 11) is 0. The molecule has 0 atom stereocenters. The van der Waals surface area contributed by atoms with Gasteiger partial charge in [0.2, 0.25) is 5.91 Å². The lowest BCUT2D eigenvalue weighted by Gasteiger charge is -2.16. The molecule has 1 aliphatic heterocycles. The zero-order valence-corrected chi connectivity index (χ0v) is 8.40. The lowest BCUT2D eigenvalue weighted by molar-refractivity contribution is -0.125. The summed E-state index contributed by atoms with van der Waals surface area (Å²) in [5.41, 5.74) is 1.06. The summed E-state index contributed by atoms with van der Waals surface area (Å²) in [6.45, 7) is 2.77. The average Bonchev–Trinajstić information content (AvgIpc) is 2.60. The minimum absolute atomic E-state index is 0.0114. The van der Waals surface area contributed by atoms with E-state index in [2.05, 4.69) is 0 Å². The molecule has 0 saturated carbocycles. The highest BCUT2D eigenvalue weighted by molar-refractivity contribution is 5.89. The van der Waals surface area contributed by atoms with Crippen LogP contribution in [0.2, 0.25) is 0 Å². The van der Waals surface area contributed by atoms with E-state index in [9.17, 15) is 9.59 Å². The highest BCUT2D eigenvalue weighted by Gasteiger charge is 2.16. The van der Waals surface area contributed by atoms with Crippen molar-refractivity contribution in [2.75, 3.05) is 6.54 Å². The number of carbonyl (C=O) groups excluding carboxylic acids is 1. The van der Waals surface area contributed by atoms with E-state index >= 15 is 0 Å². The molecule has 0 saturated heterocycles. The number of hydrogen-bond donors (Lipinski definition) is 0. The smallest absolute Gasteiger partial charge is 0.338 e. The van der Waals surface area contributed by atoms with Crippen LogP contribution in [0.15, 0.2) is 33.7 Å². The van der Waals surface area contributed by atoms with Crippen molar-refractivity contribution in [3.05, 3.63) is 46.0 Å². The van der Waals surface area contributed by atoms with Crippen molar-refractivity contribution in [3.8, 4) is 0 Å². The molecular weight excluding hydrogens is 194 g/mol. The average molecular weight is 205 g/mol. The maximum Gasteiger partial charge on any atom is 0.338 e. The molecule has 15 heavy (non-hydrogen) atoms. The van der Waals surface area contributed by atoms with E-state index in [1.54, 1.807) is 24.0 Å². The fraction of sp³-hybridized carbons (Fsp3) is 0.273. The molecule has 0 aliphatic carbocycles. The van der Waals surface area contributed by atoms with E-state index < -0.39 is 0 Å². The van der Waals surface area contributed by atoms with Crippen molar-refractivity contribution in [1.29, 1.82) is 0 Å². The van der Waals surface area contributed by atoms with E-state index in [1.165, 1.54) is 6.26 Å². The summed E-state index contributed by atoms with van der Waals surface area (Å²) in [5.74, 6) is -0.0114. The molecule has 1 aliphatic rings. The maximum atomic E-state index is 11.3. The van der Waals surface area contributed by atoms with Gasteiger partial charge in [0, 0.05) is 24.7 Å². The van der Waals surface area contributed by atoms with Gasteiger partial charge in [0.1, 0.15) is 0 Å². The molecule has 0 N–H and O–H groups in total. The van der Waals surface area contributed by atoms with Gasteiger partial charge >= 0.3 is 5.63 Å². The first-order chi connectivity index (χ1) is 7.18. The standard InChI is InChI=1S/C11H11NO3/c1-8-9(4-6-15-11(8)14)7-12-5-2-3-10(12)13/h2-4,6H,5,7H2,1H3. The third kappa shape index (κ3) is 1.83. The first-order valence-corrected chi connectivity index (χ1v) is 4.71. The van der Waals surface area contributed by atoms with Crippen LogP contribution >= 0.6 is 0 Å². The van der Waals surface area contributed by atoms with Crippen molar-refractivity contribution >= 4 is 5.91 Å². The van der Waals surface area contributed by atoms with Crippen LogP contribution in [0.25, 0.3) is 0 Å². The van der Waals surface area contributed by atoms with E-state index in [0.717, 1.165) is 5.56 Å². The highest BCUT2D eigenvalue weighted by atomic mass is 16.4. The Kier molecular flexibility index (Phi) is 2.41. The fourth-order valence-electron chi connectivity index (χ4n) is 1.52. The number of rotatable bonds is 2. The van der Waals surface area contributed by atoms with Crippen LogP contribution in [-0.4, -0.2) is 17.4 Å². The van der Waals surface area contributed by atoms with Crippen molar-refractivity contribution in [3.63, 3.8) is 0 Å². The molecule has 0 radical (unpaired) electrons. The van der Waals surface area contributed by atoms with Crippen molar-refractivity contribution in [2.24, 2.45) is 0 Å². The Labute approximate surface area is 86.8 Å². The summed E-state index contributed by atoms with van der Waals surface area (Å²) in [5, 5.41) is 0. The first-order valence-electron chi connectivity index (χ1n) is 4.71. The molecular formula is C11H11NO3. The second-order valence-electron chi connectivity index (χ2n) is 3.48. The van der Waals surface area contributed by atoms with Crippen molar-refractivity contribution < 1.29 is 9.21 Å². The second kappa shape index (κ2) is 3.73. The summed E-state index contributed by atoms with van der Waals surface area (Å²) in [6.07, 6.45) is 4.71. The largest absolute Gasteiger partial charge is 0.431 e. The van der Waals surface area contributed by atoms with Gasteiger partial charge in [-0.2, -0.15) is 0 Å². The van der Waals surface area contributed by atoms with Crippen molar-refractivity contribution in [1.82, 2.24) is 4.90 Å². The monoisotopic (exact) mass is 205 g/mol. The third-order valence-electron chi connectivity index (χ3n) is 2.49. The van der Waals surface area contributed by atoms with Gasteiger partial charge in [-0.05, 0) is 18.6 Å². The number of amides is 1. The van der Waals surface area contributed by atoms with E-state index in [0.29, 0.717) is 18.7 Å². The molecule has 1 amide bonds. The summed E-state index contributed by atoms with van der Waals surface area (Å²) >= 11 is 0. The van der Waals surface area contributed by atoms with Crippen LogP contribution in [0.5, 0.6) is 0 Å². The van der Waals surface area contributed by atoms with Gasteiger partial charge in [-0.1, -0.05) is 6.08 Å². The quantitative estimate of drug-likeness (QED) is 0.719. The predicted octanol–water partition coefficient (Wildman–Crippen LogP) is 0.847. The lowest BCUT2D eigenvalue weighted by Crippen LogP contribution is -2.26. The van der Waals surface area contributed by atoms with E-state index in [4.69, 9.17) is 4.42 Å². The van der Waals surface area contributed by atoms with Crippen LogP contribution in [0.4, 0.5) is 0 Å². The Balaban J connectivity index is 2.21. The predicted molar refractivity (Wildman–Crippen MR) is 54.3 cm³/mol. The highest BCUT2D eigenvalue weighted by Crippen LogP contribution is 2.10. The fourth-order valence-corrected chi connectivity index (χ4v) is 1.52. The Bertz CT molecular complexity index is 473. The second-order valence-corrected chi connectivity index (χ2v) is 3.48. The first kappa shape index (κ1) is 9.71. The van der Waals surface area contributed by atoms with Gasteiger partial charge in [0.25, 0.3) is 0 Å². The lowest BCUT2D eigenvalue weighted by atomic mass is 10.1. The summed E-state index contributed by atoms with van der Waals surface area (Å²) in [4.78, 5) is 24.2. The molecule has 4 heteroatoms. The Morgan fingerprint density at radius 2 is 2.27 bits per heavy atom. The minimum Gasteiger partial charge on any atom is -0.431 e. The van der Waals surface area contributed by atoms with Gasteiger partial charge in [-0.25, -0.2) is 4.79 Å². The number of nitrogens with zero attached hydrogens (tertiary/aromatic N) is 1. The van der Waals surface area contributed by atoms with Crippen LogP contribution in [-0.2, 0) is 11.3 Å². The molecule has 0 spiro atoms. The van der Waals surface area contributed by atoms with Crippen LogP contribution in [0.3, 0.4) is 0 Å². The van der Waals surface area contributed by atoms with Crippen LogP contribution in [0.1, 0.15) is 11.1 Å². The minimum atomic E-state index is -0.341. The molecule has 2 heterocycles. The summed E-state index contributed by atoms with van der Waals surface area (Å²) < 4.78 is 4.72. The molecule has 0 fully saturated rings. The Morgan fingerprint density at radius 3 is 2.93 bits per heavy atom. The van der Waals surface area contributed by atoms with Gasteiger partial charge in [-0.3, -0.25) is 4.79 Å². The van der Waals surface area contributed by atoms with E-state index in [1.807, 2.05) is 6.08 Å². The Morgan fingerprint density at radius 1 is 1.47 bits per heavy atom. The van der Waals surface area contributed by atoms with E-state index in [-0.39, 0.29) is 11.5 Å². The maximum absolute atomic E-state index is 11.3. The SMILES string of the molecule is Cc1c(CN2CC=CC2=O)ccoc1=O. The molecule has 4 nitrogen and oxygen atoms in total. The molecule has 1 aromatic rings. The molecule has 0 aromatic carbocycles. The number of hydrogen-bond acceptors (Lipinski definition) is 3. The van der Waals surface area contributed by atoms with Gasteiger partial charge < -0.3 is 9.32 Å². The van der Waals surface area contributed by atoms with Crippen LogP contribution < -0.4 is 5.63 Å². The van der Waals surface area contributed by atoms with Gasteiger partial charge in [0.15, 0.2) is 0 Å². The zero-order valence-electron chi connectivity index (χ0n) is 8.40. The Hall–Kier alpha value is -1.84. The van der Waals surface area contributed by atoms with Crippen molar-refractivity contribution in [2.45, 2.75) is 13.5 Å². The zero-order chi connectivity index (χ0) is 10.8. The normalized spacial score (nSPS) is 15.0. The van der Waals surface area contributed by atoms with Crippen LogP contribution in [0, 0.1) is 6.92 Å². The molecule has 2 rings (SSSR count). The molecule has 0 unspecified atom stereocenters. The third-order valence-corrected chi connectivity index (χ3v) is 2.49. The van der Waals surface area contributed by atoms with Gasteiger partial charge in [0.05, 0.1) is 6.26 Å². The topological polar surface area (TPSA) is 50.5 Å². The number of carbonyl (C=O) groups is 1. The molecule has 1 aromatic heterocycles. The summed E-state index contributed by atoms with van der Waals surface area (Å²) in [6, 6.07) is 1.72. The molecule has 0 bridgehead atoms. The molecule has 78 valence electrons.